The van der Waals surface area contributed by atoms with Crippen LogP contribution in [0.15, 0.2) is 72.3 Å². The number of amides is 4. The molecule has 0 spiro atoms. The molecular weight excluding hydrogens is 508 g/mol. The number of imide groups is 2. The minimum atomic E-state index is -0.790. The lowest BCUT2D eigenvalue weighted by Gasteiger charge is -2.26. The maximum absolute atomic E-state index is 13.2. The number of anilines is 1. The lowest BCUT2D eigenvalue weighted by atomic mass is 9.87. The molecule has 0 aliphatic carbocycles. The number of hydrogen-bond donors (Lipinski definition) is 1. The summed E-state index contributed by atoms with van der Waals surface area (Å²) in [6, 6.07) is 19.2. The first-order valence-electron chi connectivity index (χ1n) is 13.2. The van der Waals surface area contributed by atoms with E-state index in [4.69, 9.17) is 14.2 Å². The van der Waals surface area contributed by atoms with Crippen LogP contribution in [0, 0.1) is 6.92 Å². The number of aryl methyl sites for hydroxylation is 1. The predicted octanol–water partition coefficient (Wildman–Crippen LogP) is 5.82. The molecule has 3 aromatic rings. The van der Waals surface area contributed by atoms with E-state index in [0.29, 0.717) is 36.0 Å². The van der Waals surface area contributed by atoms with Crippen molar-refractivity contribution < 1.29 is 28.6 Å². The van der Waals surface area contributed by atoms with Crippen LogP contribution in [0.1, 0.15) is 44.4 Å². The van der Waals surface area contributed by atoms with Crippen molar-refractivity contribution in [1.82, 2.24) is 5.32 Å². The number of carbonyl (C=O) groups excluding carboxylic acids is 3. The first kappa shape index (κ1) is 28.4. The van der Waals surface area contributed by atoms with Gasteiger partial charge < -0.3 is 14.2 Å². The quantitative estimate of drug-likeness (QED) is 0.208. The lowest BCUT2D eigenvalue weighted by molar-refractivity contribution is -0.122. The molecule has 0 aromatic heterocycles. The molecule has 0 saturated carbocycles. The van der Waals surface area contributed by atoms with Crippen LogP contribution in [0.3, 0.4) is 0 Å². The van der Waals surface area contributed by atoms with Gasteiger partial charge in [0.15, 0.2) is 11.5 Å². The summed E-state index contributed by atoms with van der Waals surface area (Å²) in [6.07, 6.45) is 1.43. The summed E-state index contributed by atoms with van der Waals surface area (Å²) in [5.41, 5.74) is 3.04. The van der Waals surface area contributed by atoms with Crippen LogP contribution in [0.4, 0.5) is 10.5 Å². The van der Waals surface area contributed by atoms with Crippen molar-refractivity contribution in [3.8, 4) is 17.2 Å². The van der Waals surface area contributed by atoms with E-state index in [9.17, 15) is 14.4 Å². The van der Waals surface area contributed by atoms with Gasteiger partial charge in [0.05, 0.1) is 12.3 Å². The van der Waals surface area contributed by atoms with Crippen LogP contribution in [0.25, 0.3) is 6.08 Å². The van der Waals surface area contributed by atoms with Crippen molar-refractivity contribution in [3.63, 3.8) is 0 Å². The highest BCUT2D eigenvalue weighted by Gasteiger charge is 2.36. The lowest BCUT2D eigenvalue weighted by Crippen LogP contribution is -2.54. The molecule has 208 valence electrons. The van der Waals surface area contributed by atoms with E-state index < -0.39 is 17.8 Å². The molecule has 8 heteroatoms. The Bertz CT molecular complexity index is 1420. The van der Waals surface area contributed by atoms with Crippen molar-refractivity contribution in [2.24, 2.45) is 0 Å². The maximum atomic E-state index is 13.2. The molecule has 1 heterocycles. The Morgan fingerprint density at radius 2 is 1.50 bits per heavy atom. The first-order valence-corrected chi connectivity index (χ1v) is 13.2. The van der Waals surface area contributed by atoms with Crippen LogP contribution < -0.4 is 24.4 Å². The fourth-order valence-corrected chi connectivity index (χ4v) is 4.12. The number of rotatable bonds is 9. The SMILES string of the molecule is CCOc1cc(/C=C2\C(=O)NC(=O)N(c3ccc(C)cc3)C2=O)ccc1OCCOc1ccc(C(C)(C)C)cc1. The minimum Gasteiger partial charge on any atom is -0.490 e. The molecule has 0 atom stereocenters. The summed E-state index contributed by atoms with van der Waals surface area (Å²) in [6.45, 7) is 11.3. The first-order chi connectivity index (χ1) is 19.1. The van der Waals surface area contributed by atoms with Gasteiger partial charge in [-0.1, -0.05) is 56.7 Å². The molecule has 1 saturated heterocycles. The number of carbonyl (C=O) groups is 3. The molecule has 0 bridgehead atoms. The largest absolute Gasteiger partial charge is 0.490 e. The van der Waals surface area contributed by atoms with Crippen LogP contribution in [0.2, 0.25) is 0 Å². The van der Waals surface area contributed by atoms with Gasteiger partial charge in [-0.15, -0.1) is 0 Å². The normalized spacial score (nSPS) is 14.8. The van der Waals surface area contributed by atoms with Crippen molar-refractivity contribution in [3.05, 3.63) is 89.0 Å². The Hall–Kier alpha value is -4.59. The van der Waals surface area contributed by atoms with Gasteiger partial charge >= 0.3 is 6.03 Å². The average molecular weight is 543 g/mol. The molecule has 1 aliphatic rings. The van der Waals surface area contributed by atoms with Gasteiger partial charge in [0.25, 0.3) is 11.8 Å². The van der Waals surface area contributed by atoms with E-state index in [1.807, 2.05) is 26.0 Å². The molecular formula is C32H34N2O6. The number of nitrogens with zero attached hydrogens (tertiary/aromatic N) is 1. The monoisotopic (exact) mass is 542 g/mol. The zero-order valence-corrected chi connectivity index (χ0v) is 23.4. The van der Waals surface area contributed by atoms with Crippen LogP contribution in [-0.4, -0.2) is 37.7 Å². The topological polar surface area (TPSA) is 94.2 Å². The molecule has 1 fully saturated rings. The second-order valence-corrected chi connectivity index (χ2v) is 10.4. The second kappa shape index (κ2) is 12.1. The summed E-state index contributed by atoms with van der Waals surface area (Å²) in [5, 5.41) is 2.24. The highest BCUT2D eigenvalue weighted by Crippen LogP contribution is 2.31. The molecule has 0 radical (unpaired) electrons. The molecule has 1 N–H and O–H groups in total. The van der Waals surface area contributed by atoms with E-state index in [1.54, 1.807) is 42.5 Å². The minimum absolute atomic E-state index is 0.0748. The number of barbiturate groups is 1. The molecule has 3 aromatic carbocycles. The van der Waals surface area contributed by atoms with Gasteiger partial charge in [-0.3, -0.25) is 14.9 Å². The Balaban J connectivity index is 1.45. The maximum Gasteiger partial charge on any atom is 0.335 e. The zero-order chi connectivity index (χ0) is 28.9. The van der Waals surface area contributed by atoms with E-state index in [-0.39, 0.29) is 17.6 Å². The van der Waals surface area contributed by atoms with Gasteiger partial charge in [0, 0.05) is 0 Å². The van der Waals surface area contributed by atoms with Crippen LogP contribution in [0.5, 0.6) is 17.2 Å². The summed E-state index contributed by atoms with van der Waals surface area (Å²) in [7, 11) is 0. The highest BCUT2D eigenvalue weighted by molar-refractivity contribution is 6.39. The second-order valence-electron chi connectivity index (χ2n) is 10.4. The molecule has 40 heavy (non-hydrogen) atoms. The summed E-state index contributed by atoms with van der Waals surface area (Å²) >= 11 is 0. The third-order valence-corrected chi connectivity index (χ3v) is 6.30. The van der Waals surface area contributed by atoms with Crippen molar-refractivity contribution in [2.75, 3.05) is 24.7 Å². The standard InChI is InChI=1S/C32H34N2O6/c1-6-38-28-20-22(9-16-27(28)40-18-17-39-25-14-10-23(11-15-25)32(3,4)5)19-26-29(35)33-31(37)34(30(26)36)24-12-7-21(2)8-13-24/h7-16,19-20H,6,17-18H2,1-5H3,(H,33,35,37)/b26-19+. The number of urea groups is 1. The van der Waals surface area contributed by atoms with E-state index >= 15 is 0 Å². The smallest absolute Gasteiger partial charge is 0.335 e. The average Bonchev–Trinajstić information content (AvgIpc) is 2.91. The highest BCUT2D eigenvalue weighted by atomic mass is 16.5. The predicted molar refractivity (Wildman–Crippen MR) is 154 cm³/mol. The third-order valence-electron chi connectivity index (χ3n) is 6.30. The molecule has 4 rings (SSSR count). The Morgan fingerprint density at radius 1 is 0.825 bits per heavy atom. The van der Waals surface area contributed by atoms with Gasteiger partial charge in [0.2, 0.25) is 0 Å². The van der Waals surface area contributed by atoms with E-state index in [2.05, 4.69) is 38.2 Å². The van der Waals surface area contributed by atoms with Crippen molar-refractivity contribution >= 4 is 29.6 Å². The van der Waals surface area contributed by atoms with Gasteiger partial charge in [-0.2, -0.15) is 0 Å². The van der Waals surface area contributed by atoms with Crippen LogP contribution >= 0.6 is 0 Å². The van der Waals surface area contributed by atoms with Crippen LogP contribution in [-0.2, 0) is 15.0 Å². The Morgan fingerprint density at radius 3 is 2.15 bits per heavy atom. The molecule has 8 nitrogen and oxygen atoms in total. The third kappa shape index (κ3) is 6.69. The van der Waals surface area contributed by atoms with Gasteiger partial charge in [-0.25, -0.2) is 9.69 Å². The fourth-order valence-electron chi connectivity index (χ4n) is 4.12. The summed E-state index contributed by atoms with van der Waals surface area (Å²) in [4.78, 5) is 39.1. The Labute approximate surface area is 234 Å². The fraction of sp³-hybridized carbons (Fsp3) is 0.281. The van der Waals surface area contributed by atoms with E-state index in [1.165, 1.54) is 11.6 Å². The molecule has 0 unspecified atom stereocenters. The zero-order valence-electron chi connectivity index (χ0n) is 23.4. The van der Waals surface area contributed by atoms with Gasteiger partial charge in [-0.05, 0) is 72.9 Å². The Kier molecular flexibility index (Phi) is 8.58. The number of hydrogen-bond acceptors (Lipinski definition) is 6. The summed E-state index contributed by atoms with van der Waals surface area (Å²) < 4.78 is 17.5. The number of nitrogens with one attached hydrogen (secondary N) is 1. The van der Waals surface area contributed by atoms with Crippen molar-refractivity contribution in [2.45, 2.75) is 40.0 Å². The number of benzene rings is 3. The summed E-state index contributed by atoms with van der Waals surface area (Å²) in [5.74, 6) is 0.262. The van der Waals surface area contributed by atoms with Crippen molar-refractivity contribution in [1.29, 1.82) is 0 Å². The van der Waals surface area contributed by atoms with Gasteiger partial charge in [0.1, 0.15) is 24.5 Å². The van der Waals surface area contributed by atoms with E-state index in [0.717, 1.165) is 16.2 Å². The molecule has 4 amide bonds. The number of ether oxygens (including phenoxy) is 3. The molecule has 1 aliphatic heterocycles.